The van der Waals surface area contributed by atoms with Crippen LogP contribution in [0.5, 0.6) is 0 Å². The highest BCUT2D eigenvalue weighted by molar-refractivity contribution is 6.11. The van der Waals surface area contributed by atoms with Crippen molar-refractivity contribution in [3.63, 3.8) is 0 Å². The maximum Gasteiger partial charge on any atom is 0.101 e. The van der Waals surface area contributed by atoms with Gasteiger partial charge in [0.1, 0.15) is 5.83 Å². The first kappa shape index (κ1) is 18.3. The van der Waals surface area contributed by atoms with Crippen molar-refractivity contribution in [3.05, 3.63) is 58.5 Å². The number of allylic oxidation sites excluding steroid dienone is 10. The van der Waals surface area contributed by atoms with Crippen molar-refractivity contribution in [2.45, 2.75) is 53.9 Å². The summed E-state index contributed by atoms with van der Waals surface area (Å²) in [6.07, 6.45) is 12.5. The molecule has 0 bridgehead atoms. The van der Waals surface area contributed by atoms with Crippen molar-refractivity contribution >= 4 is 5.71 Å². The Morgan fingerprint density at radius 2 is 1.91 bits per heavy atom. The van der Waals surface area contributed by atoms with Crippen LogP contribution in [-0.2, 0) is 0 Å². The van der Waals surface area contributed by atoms with Gasteiger partial charge in [0.05, 0.1) is 5.71 Å². The minimum Gasteiger partial charge on any atom is -0.300 e. The van der Waals surface area contributed by atoms with Crippen LogP contribution in [-0.4, -0.2) is 5.71 Å². The molecular formula is C20H28FN. The van der Waals surface area contributed by atoms with Crippen LogP contribution in [0.15, 0.2) is 58.5 Å². The number of nitrogens with one attached hydrogen (secondary N) is 1. The topological polar surface area (TPSA) is 23.9 Å². The fraction of sp³-hybridized carbons (Fsp3) is 0.450. The molecule has 1 unspecified atom stereocenters. The molecule has 0 spiro atoms. The highest BCUT2D eigenvalue weighted by Crippen LogP contribution is 2.38. The Labute approximate surface area is 134 Å². The molecule has 120 valence electrons. The molecule has 0 aromatic rings. The number of rotatable bonds is 1. The van der Waals surface area contributed by atoms with E-state index in [9.17, 15) is 4.39 Å². The highest BCUT2D eigenvalue weighted by Gasteiger charge is 2.28. The van der Waals surface area contributed by atoms with E-state index in [0.29, 0.717) is 12.1 Å². The van der Waals surface area contributed by atoms with E-state index in [1.165, 1.54) is 12.8 Å². The average molecular weight is 301 g/mol. The zero-order valence-electron chi connectivity index (χ0n) is 14.5. The first-order chi connectivity index (χ1) is 10.5. The van der Waals surface area contributed by atoms with E-state index in [1.54, 1.807) is 6.08 Å². The van der Waals surface area contributed by atoms with Gasteiger partial charge in [-0.2, -0.15) is 0 Å². The van der Waals surface area contributed by atoms with Crippen molar-refractivity contribution in [1.29, 1.82) is 5.41 Å². The van der Waals surface area contributed by atoms with Crippen molar-refractivity contribution in [1.82, 2.24) is 0 Å². The van der Waals surface area contributed by atoms with Gasteiger partial charge in [0.15, 0.2) is 0 Å². The fourth-order valence-electron chi connectivity index (χ4n) is 2.61. The zero-order chi connectivity index (χ0) is 16.7. The number of halogens is 1. The molecule has 0 saturated carbocycles. The fourth-order valence-corrected chi connectivity index (χ4v) is 2.61. The Kier molecular flexibility index (Phi) is 7.23. The number of hydrogen-bond donors (Lipinski definition) is 1. The summed E-state index contributed by atoms with van der Waals surface area (Å²) in [5.41, 5.74) is 4.38. The highest BCUT2D eigenvalue weighted by atomic mass is 19.1. The lowest BCUT2D eigenvalue weighted by Crippen LogP contribution is -2.20. The second-order valence-corrected chi connectivity index (χ2v) is 5.82. The van der Waals surface area contributed by atoms with Gasteiger partial charge >= 0.3 is 0 Å². The van der Waals surface area contributed by atoms with E-state index in [4.69, 9.17) is 5.41 Å². The summed E-state index contributed by atoms with van der Waals surface area (Å²) in [5.74, 6) is -0.114. The molecule has 0 radical (unpaired) electrons. The lowest BCUT2D eigenvalue weighted by molar-refractivity contribution is 0.538. The first-order valence-corrected chi connectivity index (χ1v) is 8.13. The standard InChI is InChI=1S/C16H18FN.C4H10/c1-4-12-7-5-6-10(2)16(18)15-11(3)8-13(17)9-14(12)15;1-3-4-2/h4-8,14,18H,9H2,1-3H3;3-4H2,1-2H3/b7-5-,10-6-,12-4?,18-16?;. The SMILES string of the molecule is CC=C1/C=C\C=C(\C)C(=N)C2=C(C)C=C(F)CC12.CCCC. The second-order valence-electron chi connectivity index (χ2n) is 5.82. The molecule has 0 fully saturated rings. The quantitative estimate of drug-likeness (QED) is 0.574. The van der Waals surface area contributed by atoms with E-state index in [2.05, 4.69) is 13.8 Å². The molecule has 22 heavy (non-hydrogen) atoms. The molecule has 0 aromatic heterocycles. The normalized spacial score (nSPS) is 26.9. The van der Waals surface area contributed by atoms with Crippen LogP contribution in [0.3, 0.4) is 0 Å². The van der Waals surface area contributed by atoms with Gasteiger partial charge in [0, 0.05) is 12.3 Å². The van der Waals surface area contributed by atoms with E-state index < -0.39 is 0 Å². The summed E-state index contributed by atoms with van der Waals surface area (Å²) in [6, 6.07) is 0. The lowest BCUT2D eigenvalue weighted by atomic mass is 9.77. The zero-order valence-corrected chi connectivity index (χ0v) is 14.5. The van der Waals surface area contributed by atoms with Crippen molar-refractivity contribution < 1.29 is 4.39 Å². The monoisotopic (exact) mass is 301 g/mol. The minimum atomic E-state index is -0.0935. The smallest absolute Gasteiger partial charge is 0.101 e. The molecule has 0 amide bonds. The lowest BCUT2D eigenvalue weighted by Gasteiger charge is -2.28. The molecule has 0 heterocycles. The van der Waals surface area contributed by atoms with Gasteiger partial charge in [0.2, 0.25) is 0 Å². The molecule has 0 saturated heterocycles. The third-order valence-electron chi connectivity index (χ3n) is 4.08. The Bertz CT molecular complexity index is 569. The van der Waals surface area contributed by atoms with Gasteiger partial charge in [-0.25, -0.2) is 4.39 Å². The molecule has 2 aliphatic carbocycles. The molecule has 0 aliphatic heterocycles. The summed E-state index contributed by atoms with van der Waals surface area (Å²) >= 11 is 0. The molecule has 2 heteroatoms. The molecule has 2 rings (SSSR count). The number of hydrogen-bond acceptors (Lipinski definition) is 1. The predicted octanol–water partition coefficient (Wildman–Crippen LogP) is 6.46. The summed E-state index contributed by atoms with van der Waals surface area (Å²) in [7, 11) is 0. The Hall–Kier alpha value is -1.70. The predicted molar refractivity (Wildman–Crippen MR) is 95.0 cm³/mol. The van der Waals surface area contributed by atoms with Crippen LogP contribution in [0.1, 0.15) is 53.9 Å². The van der Waals surface area contributed by atoms with E-state index >= 15 is 0 Å². The molecule has 2 aliphatic rings. The van der Waals surface area contributed by atoms with Crippen LogP contribution >= 0.6 is 0 Å². The summed E-state index contributed by atoms with van der Waals surface area (Å²) in [6.45, 7) is 10.1. The van der Waals surface area contributed by atoms with Gasteiger partial charge in [-0.15, -0.1) is 0 Å². The van der Waals surface area contributed by atoms with Crippen LogP contribution in [0, 0.1) is 11.3 Å². The number of unbranched alkanes of at least 4 members (excludes halogenated alkanes) is 1. The molecule has 1 atom stereocenters. The summed E-state index contributed by atoms with van der Waals surface area (Å²) < 4.78 is 13.7. The third-order valence-corrected chi connectivity index (χ3v) is 4.08. The van der Waals surface area contributed by atoms with E-state index in [0.717, 1.165) is 22.3 Å². The van der Waals surface area contributed by atoms with E-state index in [-0.39, 0.29) is 11.7 Å². The maximum atomic E-state index is 13.7. The largest absolute Gasteiger partial charge is 0.300 e. The van der Waals surface area contributed by atoms with Crippen LogP contribution < -0.4 is 0 Å². The maximum absolute atomic E-state index is 13.7. The average Bonchev–Trinajstić information content (AvgIpc) is 2.49. The van der Waals surface area contributed by atoms with Crippen LogP contribution in [0.25, 0.3) is 0 Å². The van der Waals surface area contributed by atoms with E-state index in [1.807, 2.05) is 45.1 Å². The molecular weight excluding hydrogens is 273 g/mol. The van der Waals surface area contributed by atoms with Crippen molar-refractivity contribution in [2.75, 3.05) is 0 Å². The molecule has 1 nitrogen and oxygen atoms in total. The van der Waals surface area contributed by atoms with Gasteiger partial charge in [-0.05, 0) is 49.1 Å². The second kappa shape index (κ2) is 8.67. The molecule has 0 aromatic carbocycles. The first-order valence-electron chi connectivity index (χ1n) is 8.13. The summed E-state index contributed by atoms with van der Waals surface area (Å²) in [5, 5.41) is 8.28. The Morgan fingerprint density at radius 1 is 1.27 bits per heavy atom. The molecule has 1 N–H and O–H groups in total. The Morgan fingerprint density at radius 3 is 2.45 bits per heavy atom. The van der Waals surface area contributed by atoms with Crippen LogP contribution in [0.2, 0.25) is 0 Å². The Balaban J connectivity index is 0.000000541. The van der Waals surface area contributed by atoms with Gasteiger partial charge in [-0.1, -0.05) is 51.0 Å². The minimum absolute atomic E-state index is 0.0209. The van der Waals surface area contributed by atoms with Crippen molar-refractivity contribution in [3.8, 4) is 0 Å². The van der Waals surface area contributed by atoms with Crippen LogP contribution in [0.4, 0.5) is 4.39 Å². The van der Waals surface area contributed by atoms with Crippen molar-refractivity contribution in [2.24, 2.45) is 5.92 Å². The van der Waals surface area contributed by atoms with Gasteiger partial charge in [-0.3, -0.25) is 0 Å². The van der Waals surface area contributed by atoms with Gasteiger partial charge < -0.3 is 5.41 Å². The third kappa shape index (κ3) is 4.40. The summed E-state index contributed by atoms with van der Waals surface area (Å²) in [4.78, 5) is 0. The number of fused-ring (bicyclic) bond motifs is 1. The van der Waals surface area contributed by atoms with Gasteiger partial charge in [0.25, 0.3) is 0 Å².